The van der Waals surface area contributed by atoms with Crippen LogP contribution in [0.25, 0.3) is 22.3 Å². The van der Waals surface area contributed by atoms with E-state index in [0.29, 0.717) is 36.6 Å². The number of methoxy groups -OCH3 is 1. The number of fused-ring (bicyclic) bond motifs is 1. The lowest BCUT2D eigenvalue weighted by Gasteiger charge is -2.36. The van der Waals surface area contributed by atoms with Crippen LogP contribution in [0.5, 0.6) is 5.75 Å². The Morgan fingerprint density at radius 3 is 2.89 bits per heavy atom. The van der Waals surface area contributed by atoms with Gasteiger partial charge in [0.05, 0.1) is 29.3 Å². The van der Waals surface area contributed by atoms with Gasteiger partial charge in [-0.2, -0.15) is 5.10 Å². The topological polar surface area (TPSA) is 103 Å². The van der Waals surface area contributed by atoms with Crippen LogP contribution in [0.2, 0.25) is 0 Å². The average molecular weight is 381 g/mol. The largest absolute Gasteiger partial charge is 0.508 e. The highest BCUT2D eigenvalue weighted by molar-refractivity contribution is 6.07. The number of hydrogen-bond acceptors (Lipinski definition) is 6. The van der Waals surface area contributed by atoms with Gasteiger partial charge in [0, 0.05) is 38.0 Å². The molecule has 1 aliphatic rings. The molecule has 1 saturated heterocycles. The number of carbonyl (C=O) groups is 1. The van der Waals surface area contributed by atoms with Crippen molar-refractivity contribution in [1.82, 2.24) is 25.4 Å². The van der Waals surface area contributed by atoms with Crippen LogP contribution in [-0.2, 0) is 4.74 Å². The molecule has 1 atom stereocenters. The molecule has 0 radical (unpaired) electrons. The Morgan fingerprint density at radius 2 is 2.14 bits per heavy atom. The molecule has 1 amide bonds. The van der Waals surface area contributed by atoms with Crippen LogP contribution in [0.15, 0.2) is 30.3 Å². The first-order valence-electron chi connectivity index (χ1n) is 9.24. The average Bonchev–Trinajstić information content (AvgIpc) is 3.09. The van der Waals surface area contributed by atoms with Gasteiger partial charge in [-0.05, 0) is 37.3 Å². The molecule has 3 heterocycles. The maximum atomic E-state index is 13.5. The summed E-state index contributed by atoms with van der Waals surface area (Å²) < 4.78 is 5.31. The van der Waals surface area contributed by atoms with Gasteiger partial charge in [0.2, 0.25) is 0 Å². The molecule has 2 aromatic heterocycles. The highest BCUT2D eigenvalue weighted by Crippen LogP contribution is 2.28. The van der Waals surface area contributed by atoms with Crippen molar-refractivity contribution in [2.75, 3.05) is 33.4 Å². The molecule has 0 spiro atoms. The van der Waals surface area contributed by atoms with Crippen molar-refractivity contribution in [2.24, 2.45) is 0 Å². The van der Waals surface area contributed by atoms with Crippen LogP contribution in [0, 0.1) is 6.92 Å². The number of aromatic amines is 1. The summed E-state index contributed by atoms with van der Waals surface area (Å²) in [5.74, 6) is 0.125. The second-order valence-corrected chi connectivity index (χ2v) is 6.96. The minimum Gasteiger partial charge on any atom is -0.508 e. The number of piperazine rings is 1. The van der Waals surface area contributed by atoms with E-state index < -0.39 is 0 Å². The molecule has 1 unspecified atom stereocenters. The van der Waals surface area contributed by atoms with Gasteiger partial charge in [-0.1, -0.05) is 0 Å². The van der Waals surface area contributed by atoms with Crippen molar-refractivity contribution in [1.29, 1.82) is 0 Å². The molecule has 1 fully saturated rings. The molecule has 3 N–H and O–H groups in total. The minimum atomic E-state index is -0.0551. The fourth-order valence-electron chi connectivity index (χ4n) is 3.65. The van der Waals surface area contributed by atoms with Gasteiger partial charge in [0.15, 0.2) is 5.65 Å². The summed E-state index contributed by atoms with van der Waals surface area (Å²) in [5, 5.41) is 20.8. The van der Waals surface area contributed by atoms with Gasteiger partial charge in [-0.25, -0.2) is 4.98 Å². The van der Waals surface area contributed by atoms with E-state index in [1.807, 2.05) is 17.9 Å². The molecular weight excluding hydrogens is 358 g/mol. The SMILES string of the molecule is COCC1CNCCN1C(=O)c1cc(-c2ccc(O)cc2)nc2n[nH]c(C)c12. The van der Waals surface area contributed by atoms with Crippen LogP contribution in [0.4, 0.5) is 0 Å². The normalized spacial score (nSPS) is 17.2. The first-order valence-corrected chi connectivity index (χ1v) is 9.24. The number of hydrogen-bond donors (Lipinski definition) is 3. The number of ether oxygens (including phenoxy) is 1. The third kappa shape index (κ3) is 3.32. The predicted octanol–water partition coefficient (Wildman–Crippen LogP) is 1.70. The number of H-pyrrole nitrogens is 1. The van der Waals surface area contributed by atoms with Gasteiger partial charge in [0.1, 0.15) is 5.75 Å². The highest BCUT2D eigenvalue weighted by atomic mass is 16.5. The second-order valence-electron chi connectivity index (χ2n) is 6.96. The lowest BCUT2D eigenvalue weighted by atomic mass is 10.0. The number of phenols is 1. The molecule has 4 rings (SSSR count). The molecule has 1 aliphatic heterocycles. The minimum absolute atomic E-state index is 0.0289. The van der Waals surface area contributed by atoms with Gasteiger partial charge in [0.25, 0.3) is 5.91 Å². The number of aryl methyl sites for hydroxylation is 1. The van der Waals surface area contributed by atoms with Crippen molar-refractivity contribution in [3.8, 4) is 17.0 Å². The predicted molar refractivity (Wildman–Crippen MR) is 105 cm³/mol. The highest BCUT2D eigenvalue weighted by Gasteiger charge is 2.29. The number of rotatable bonds is 4. The molecule has 28 heavy (non-hydrogen) atoms. The number of pyridine rings is 1. The van der Waals surface area contributed by atoms with Gasteiger partial charge < -0.3 is 20.1 Å². The third-order valence-electron chi connectivity index (χ3n) is 5.07. The molecular formula is C20H23N5O3. The first-order chi connectivity index (χ1) is 13.6. The van der Waals surface area contributed by atoms with Crippen LogP contribution in [-0.4, -0.2) is 70.5 Å². The van der Waals surface area contributed by atoms with Gasteiger partial charge >= 0.3 is 0 Å². The zero-order valence-corrected chi connectivity index (χ0v) is 15.9. The molecule has 0 bridgehead atoms. The van der Waals surface area contributed by atoms with Crippen molar-refractivity contribution in [2.45, 2.75) is 13.0 Å². The number of phenolic OH excluding ortho intramolecular Hbond substituents is 1. The quantitative estimate of drug-likeness (QED) is 0.636. The Balaban J connectivity index is 1.81. The number of benzene rings is 1. The molecule has 8 nitrogen and oxygen atoms in total. The van der Waals surface area contributed by atoms with E-state index in [9.17, 15) is 9.90 Å². The number of nitrogens with zero attached hydrogens (tertiary/aromatic N) is 3. The summed E-state index contributed by atoms with van der Waals surface area (Å²) in [4.78, 5) is 20.0. The maximum Gasteiger partial charge on any atom is 0.255 e. The van der Waals surface area contributed by atoms with Gasteiger partial charge in [-0.3, -0.25) is 9.89 Å². The number of carbonyl (C=O) groups excluding carboxylic acids is 1. The number of aromatic nitrogens is 3. The molecule has 3 aromatic rings. The fourth-order valence-corrected chi connectivity index (χ4v) is 3.65. The van der Waals surface area contributed by atoms with Crippen molar-refractivity contribution in [3.05, 3.63) is 41.6 Å². The van der Waals surface area contributed by atoms with Crippen LogP contribution in [0.1, 0.15) is 16.1 Å². The smallest absolute Gasteiger partial charge is 0.255 e. The van der Waals surface area contributed by atoms with E-state index in [0.717, 1.165) is 23.2 Å². The van der Waals surface area contributed by atoms with E-state index in [2.05, 4.69) is 20.5 Å². The Kier molecular flexibility index (Phi) is 4.97. The Labute approximate surface area is 162 Å². The van der Waals surface area contributed by atoms with Gasteiger partial charge in [-0.15, -0.1) is 0 Å². The molecule has 8 heteroatoms. The summed E-state index contributed by atoms with van der Waals surface area (Å²) in [5.41, 5.74) is 3.33. The number of amides is 1. The van der Waals surface area contributed by atoms with Crippen LogP contribution >= 0.6 is 0 Å². The van der Waals surface area contributed by atoms with E-state index in [1.54, 1.807) is 31.4 Å². The zero-order chi connectivity index (χ0) is 19.7. The Morgan fingerprint density at radius 1 is 1.36 bits per heavy atom. The summed E-state index contributed by atoms with van der Waals surface area (Å²) in [6.45, 7) is 4.42. The summed E-state index contributed by atoms with van der Waals surface area (Å²) in [6.07, 6.45) is 0. The van der Waals surface area contributed by atoms with Crippen LogP contribution in [0.3, 0.4) is 0 Å². The molecule has 1 aromatic carbocycles. The standard InChI is InChI=1S/C20H23N5O3/c1-12-18-16(20(27)25-8-7-21-10-14(25)11-28-2)9-17(22-19(18)24-23-12)13-3-5-15(26)6-4-13/h3-6,9,14,21,26H,7-8,10-11H2,1-2H3,(H,22,23,24). The summed E-state index contributed by atoms with van der Waals surface area (Å²) in [7, 11) is 1.64. The maximum absolute atomic E-state index is 13.5. The summed E-state index contributed by atoms with van der Waals surface area (Å²) in [6, 6.07) is 8.53. The van der Waals surface area contributed by atoms with E-state index in [1.165, 1.54) is 0 Å². The van der Waals surface area contributed by atoms with Crippen molar-refractivity contribution < 1.29 is 14.6 Å². The van der Waals surface area contributed by atoms with Crippen LogP contribution < -0.4 is 5.32 Å². The Hall–Kier alpha value is -2.97. The molecule has 0 aliphatic carbocycles. The fraction of sp³-hybridized carbons (Fsp3) is 0.350. The first kappa shape index (κ1) is 18.4. The van der Waals surface area contributed by atoms with E-state index >= 15 is 0 Å². The van der Waals surface area contributed by atoms with Crippen molar-refractivity contribution in [3.63, 3.8) is 0 Å². The third-order valence-corrected chi connectivity index (χ3v) is 5.07. The van der Waals surface area contributed by atoms with E-state index in [4.69, 9.17) is 4.74 Å². The molecule has 146 valence electrons. The van der Waals surface area contributed by atoms with E-state index in [-0.39, 0.29) is 17.7 Å². The summed E-state index contributed by atoms with van der Waals surface area (Å²) >= 11 is 0. The number of aromatic hydroxyl groups is 1. The molecule has 0 saturated carbocycles. The second kappa shape index (κ2) is 7.57. The van der Waals surface area contributed by atoms with Crippen molar-refractivity contribution >= 4 is 16.9 Å². The lowest BCUT2D eigenvalue weighted by Crippen LogP contribution is -2.55. The Bertz CT molecular complexity index is 997. The monoisotopic (exact) mass is 381 g/mol. The lowest BCUT2D eigenvalue weighted by molar-refractivity contribution is 0.0468. The zero-order valence-electron chi connectivity index (χ0n) is 15.9. The number of nitrogens with one attached hydrogen (secondary N) is 2.